The topological polar surface area (TPSA) is 0 Å². The van der Waals surface area contributed by atoms with Gasteiger partial charge in [0.1, 0.15) is 0 Å². The summed E-state index contributed by atoms with van der Waals surface area (Å²) in [5, 5.41) is 0. The van der Waals surface area contributed by atoms with Crippen LogP contribution in [-0.2, 0) is 0 Å². The Hall–Kier alpha value is 0.380. The monoisotopic (exact) mass is 120 g/mol. The number of alkyl halides is 1. The van der Waals surface area contributed by atoms with Crippen molar-refractivity contribution < 1.29 is 0 Å². The van der Waals surface area contributed by atoms with Gasteiger partial charge in [-0.25, -0.2) is 0 Å². The number of hydrogen-bond donors (Lipinski definition) is 0. The highest BCUT2D eigenvalue weighted by atomic mass is 35.5. The molecule has 1 aliphatic heterocycles. The lowest BCUT2D eigenvalue weighted by atomic mass is 10.6. The number of rotatable bonds is 0. The Morgan fingerprint density at radius 1 is 1.83 bits per heavy atom. The zero-order valence-corrected chi connectivity index (χ0v) is 4.80. The molecule has 2 heteroatoms. The molecule has 1 unspecified atom stereocenters. The van der Waals surface area contributed by atoms with Gasteiger partial charge in [-0.15, -0.1) is 23.4 Å². The first-order chi connectivity index (χ1) is 2.89. The van der Waals surface area contributed by atoms with Crippen molar-refractivity contribution in [2.45, 2.75) is 4.71 Å². The summed E-state index contributed by atoms with van der Waals surface area (Å²) in [4.78, 5) is 0. The van der Waals surface area contributed by atoms with Gasteiger partial charge in [0.05, 0.1) is 4.71 Å². The van der Waals surface area contributed by atoms with Crippen molar-refractivity contribution >= 4 is 23.4 Å². The van der Waals surface area contributed by atoms with Crippen molar-refractivity contribution in [1.82, 2.24) is 0 Å². The van der Waals surface area contributed by atoms with Crippen LogP contribution in [0.15, 0.2) is 12.2 Å². The molecule has 0 fully saturated rings. The average molecular weight is 121 g/mol. The van der Waals surface area contributed by atoms with Crippen molar-refractivity contribution in [3.05, 3.63) is 12.2 Å². The largest absolute Gasteiger partial charge is 0.134 e. The third kappa shape index (κ3) is 0.919. The maximum atomic E-state index is 5.59. The van der Waals surface area contributed by atoms with Crippen LogP contribution in [-0.4, -0.2) is 10.5 Å². The first kappa shape index (κ1) is 4.54. The highest BCUT2D eigenvalue weighted by molar-refractivity contribution is 8.01. The van der Waals surface area contributed by atoms with Crippen LogP contribution >= 0.6 is 23.4 Å². The predicted octanol–water partition coefficient (Wildman–Crippen LogP) is 1.85. The molecule has 0 N–H and O–H groups in total. The highest BCUT2D eigenvalue weighted by Crippen LogP contribution is 2.21. The smallest absolute Gasteiger partial charge is 0.0973 e. The van der Waals surface area contributed by atoms with Gasteiger partial charge in [-0.3, -0.25) is 0 Å². The van der Waals surface area contributed by atoms with Gasteiger partial charge >= 0.3 is 0 Å². The van der Waals surface area contributed by atoms with Crippen LogP contribution in [0.5, 0.6) is 0 Å². The summed E-state index contributed by atoms with van der Waals surface area (Å²) in [7, 11) is 0. The normalized spacial score (nSPS) is 31.8. The quantitative estimate of drug-likeness (QED) is 0.347. The van der Waals surface area contributed by atoms with Crippen LogP contribution in [0.25, 0.3) is 0 Å². The summed E-state index contributed by atoms with van der Waals surface area (Å²) >= 11 is 7.34. The maximum Gasteiger partial charge on any atom is 0.0973 e. The molecule has 0 aromatic carbocycles. The second-order valence-electron chi connectivity index (χ2n) is 1.11. The third-order valence-corrected chi connectivity index (χ3v) is 2.02. The Morgan fingerprint density at radius 3 is 2.83 bits per heavy atom. The minimum atomic E-state index is 0.255. The highest BCUT2D eigenvalue weighted by Gasteiger charge is 2.01. The van der Waals surface area contributed by atoms with Gasteiger partial charge in [0.2, 0.25) is 0 Å². The van der Waals surface area contributed by atoms with E-state index in [9.17, 15) is 0 Å². The van der Waals surface area contributed by atoms with Crippen LogP contribution in [0.1, 0.15) is 0 Å². The Bertz CT molecular complexity index is 69.9. The van der Waals surface area contributed by atoms with E-state index in [1.54, 1.807) is 11.8 Å². The number of thioether (sulfide) groups is 1. The second kappa shape index (κ2) is 1.90. The second-order valence-corrected chi connectivity index (χ2v) is 3.02. The number of hydrogen-bond acceptors (Lipinski definition) is 1. The molecule has 6 heavy (non-hydrogen) atoms. The lowest BCUT2D eigenvalue weighted by Crippen LogP contribution is -1.73. The van der Waals surface area contributed by atoms with E-state index in [1.165, 1.54) is 0 Å². The molecule has 0 saturated carbocycles. The first-order valence-electron chi connectivity index (χ1n) is 1.82. The lowest BCUT2D eigenvalue weighted by molar-refractivity contribution is 1.67. The molecular weight excluding hydrogens is 116 g/mol. The van der Waals surface area contributed by atoms with E-state index in [0.29, 0.717) is 0 Å². The van der Waals surface area contributed by atoms with Gasteiger partial charge < -0.3 is 0 Å². The molecule has 0 saturated heterocycles. The summed E-state index contributed by atoms with van der Waals surface area (Å²) in [6.07, 6.45) is 4.09. The molecule has 0 radical (unpaired) electrons. The molecule has 0 amide bonds. The molecule has 1 rings (SSSR count). The average Bonchev–Trinajstić information content (AvgIpc) is 1.86. The van der Waals surface area contributed by atoms with Crippen molar-refractivity contribution in [3.8, 4) is 0 Å². The van der Waals surface area contributed by atoms with Crippen molar-refractivity contribution in [1.29, 1.82) is 0 Å². The third-order valence-electron chi connectivity index (χ3n) is 0.639. The molecule has 0 spiro atoms. The van der Waals surface area contributed by atoms with Crippen LogP contribution in [0, 0.1) is 0 Å². The summed E-state index contributed by atoms with van der Waals surface area (Å²) < 4.78 is 0.255. The van der Waals surface area contributed by atoms with Crippen molar-refractivity contribution in [3.63, 3.8) is 0 Å². The Kier molecular flexibility index (Phi) is 1.43. The van der Waals surface area contributed by atoms with Crippen LogP contribution in [0.2, 0.25) is 0 Å². The van der Waals surface area contributed by atoms with Gasteiger partial charge in [-0.2, -0.15) is 0 Å². The van der Waals surface area contributed by atoms with E-state index < -0.39 is 0 Å². The minimum Gasteiger partial charge on any atom is -0.134 e. The standard InChI is InChI=1S/C4H5ClS/c5-4-2-1-3-6-4/h1-2,4H,3H2. The zero-order chi connectivity index (χ0) is 4.41. The van der Waals surface area contributed by atoms with Crippen LogP contribution in [0.4, 0.5) is 0 Å². The summed E-state index contributed by atoms with van der Waals surface area (Å²) in [6, 6.07) is 0. The first-order valence-corrected chi connectivity index (χ1v) is 3.30. The molecule has 0 bridgehead atoms. The van der Waals surface area contributed by atoms with Crippen LogP contribution in [0.3, 0.4) is 0 Å². The fourth-order valence-corrected chi connectivity index (χ4v) is 1.31. The van der Waals surface area contributed by atoms with Gasteiger partial charge in [0.25, 0.3) is 0 Å². The van der Waals surface area contributed by atoms with E-state index in [1.807, 2.05) is 6.08 Å². The molecule has 1 heterocycles. The van der Waals surface area contributed by atoms with E-state index in [0.717, 1.165) is 5.75 Å². The molecule has 0 aliphatic carbocycles. The summed E-state index contributed by atoms with van der Waals surface area (Å²) in [5.41, 5.74) is 0. The molecule has 34 valence electrons. The number of halogens is 1. The SMILES string of the molecule is ClC1C=CCS1. The van der Waals surface area contributed by atoms with Crippen molar-refractivity contribution in [2.24, 2.45) is 0 Å². The minimum absolute atomic E-state index is 0.255. The predicted molar refractivity (Wildman–Crippen MR) is 31.2 cm³/mol. The fourth-order valence-electron chi connectivity index (χ4n) is 0.366. The van der Waals surface area contributed by atoms with Gasteiger partial charge in [0.15, 0.2) is 0 Å². The molecule has 1 aliphatic rings. The summed E-state index contributed by atoms with van der Waals surface area (Å²) in [5.74, 6) is 1.09. The van der Waals surface area contributed by atoms with E-state index in [2.05, 4.69) is 6.08 Å². The Balaban J connectivity index is 2.38. The molecule has 0 aromatic heterocycles. The van der Waals surface area contributed by atoms with Crippen molar-refractivity contribution in [2.75, 3.05) is 5.75 Å². The summed E-state index contributed by atoms with van der Waals surface area (Å²) in [6.45, 7) is 0. The molecule has 0 nitrogen and oxygen atoms in total. The Morgan fingerprint density at radius 2 is 2.67 bits per heavy atom. The lowest BCUT2D eigenvalue weighted by Gasteiger charge is -1.86. The Labute approximate surface area is 46.6 Å². The zero-order valence-electron chi connectivity index (χ0n) is 3.23. The van der Waals surface area contributed by atoms with Gasteiger partial charge in [-0.05, 0) is 0 Å². The van der Waals surface area contributed by atoms with E-state index in [4.69, 9.17) is 11.6 Å². The van der Waals surface area contributed by atoms with E-state index >= 15 is 0 Å². The van der Waals surface area contributed by atoms with Gasteiger partial charge in [-0.1, -0.05) is 12.2 Å². The maximum absolute atomic E-state index is 5.59. The fraction of sp³-hybridized carbons (Fsp3) is 0.500. The van der Waals surface area contributed by atoms with Crippen LogP contribution < -0.4 is 0 Å². The van der Waals surface area contributed by atoms with Gasteiger partial charge in [0, 0.05) is 5.75 Å². The van der Waals surface area contributed by atoms with E-state index in [-0.39, 0.29) is 4.71 Å². The molecule has 0 aromatic rings. The molecular formula is C4H5ClS. The molecule has 1 atom stereocenters.